The Labute approximate surface area is 176 Å². The Kier molecular flexibility index (Phi) is 9.34. The van der Waals surface area contributed by atoms with Gasteiger partial charge in [0.15, 0.2) is 11.5 Å². The molecule has 0 radical (unpaired) electrons. The van der Waals surface area contributed by atoms with Crippen molar-refractivity contribution in [3.8, 4) is 11.5 Å². The largest absolute Gasteiger partial charge is 0.490 e. The fourth-order valence-electron chi connectivity index (χ4n) is 2.79. The second kappa shape index (κ2) is 11.7. The van der Waals surface area contributed by atoms with E-state index in [1.54, 1.807) is 18.2 Å². The van der Waals surface area contributed by atoms with Crippen LogP contribution in [0, 0.1) is 0 Å². The molecule has 2 amide bonds. The molecule has 0 aliphatic carbocycles. The summed E-state index contributed by atoms with van der Waals surface area (Å²) in [5, 5.41) is 5.01. The van der Waals surface area contributed by atoms with E-state index in [-0.39, 0.29) is 18.8 Å². The van der Waals surface area contributed by atoms with Crippen molar-refractivity contribution in [3.05, 3.63) is 23.8 Å². The predicted octanol–water partition coefficient (Wildman–Crippen LogP) is -0.00800. The molecule has 0 atom stereocenters. The highest BCUT2D eigenvalue weighted by atomic mass is 32.2. The van der Waals surface area contributed by atoms with Crippen LogP contribution in [0.5, 0.6) is 11.5 Å². The lowest BCUT2D eigenvalue weighted by atomic mass is 10.2. The molecule has 1 aromatic rings. The van der Waals surface area contributed by atoms with E-state index in [0.29, 0.717) is 56.6 Å². The lowest BCUT2D eigenvalue weighted by Crippen LogP contribution is -2.44. The van der Waals surface area contributed by atoms with Crippen molar-refractivity contribution in [3.63, 3.8) is 0 Å². The number of carbonyl (C=O) groups is 2. The van der Waals surface area contributed by atoms with Gasteiger partial charge in [0.1, 0.15) is 0 Å². The highest BCUT2D eigenvalue weighted by molar-refractivity contribution is 7.89. The van der Waals surface area contributed by atoms with Gasteiger partial charge in [-0.15, -0.1) is 0 Å². The van der Waals surface area contributed by atoms with Crippen molar-refractivity contribution in [2.24, 2.45) is 0 Å². The highest BCUT2D eigenvalue weighted by Crippen LogP contribution is 2.28. The number of benzene rings is 1. The van der Waals surface area contributed by atoms with Crippen molar-refractivity contribution in [2.75, 3.05) is 58.4 Å². The van der Waals surface area contributed by atoms with E-state index in [2.05, 4.69) is 10.6 Å². The van der Waals surface area contributed by atoms with Gasteiger partial charge >= 0.3 is 0 Å². The number of carbonyl (C=O) groups excluding carboxylic acids is 2. The fourth-order valence-corrected chi connectivity index (χ4v) is 4.11. The van der Waals surface area contributed by atoms with E-state index in [9.17, 15) is 18.0 Å². The maximum Gasteiger partial charge on any atom is 0.251 e. The number of nitrogens with zero attached hydrogens (tertiary/aromatic N) is 1. The van der Waals surface area contributed by atoms with Gasteiger partial charge < -0.3 is 24.8 Å². The van der Waals surface area contributed by atoms with Gasteiger partial charge in [0, 0.05) is 25.2 Å². The van der Waals surface area contributed by atoms with Gasteiger partial charge in [0.05, 0.1) is 38.7 Å². The summed E-state index contributed by atoms with van der Waals surface area (Å²) in [6.07, 6.45) is 0. The number of rotatable bonds is 11. The van der Waals surface area contributed by atoms with Gasteiger partial charge in [0.2, 0.25) is 15.9 Å². The third kappa shape index (κ3) is 7.15. The average molecular weight is 444 g/mol. The van der Waals surface area contributed by atoms with Crippen LogP contribution >= 0.6 is 0 Å². The topological polar surface area (TPSA) is 123 Å². The summed E-state index contributed by atoms with van der Waals surface area (Å²) in [6, 6.07) is 4.77. The van der Waals surface area contributed by atoms with Gasteiger partial charge in [-0.05, 0) is 32.0 Å². The molecule has 10 nitrogen and oxygen atoms in total. The summed E-state index contributed by atoms with van der Waals surface area (Å²) in [6.45, 7) is 5.62. The van der Waals surface area contributed by atoms with Crippen LogP contribution in [0.3, 0.4) is 0 Å². The number of hydrogen-bond donors (Lipinski definition) is 2. The van der Waals surface area contributed by atoms with Gasteiger partial charge in [-0.3, -0.25) is 9.59 Å². The monoisotopic (exact) mass is 443 g/mol. The normalized spacial score (nSPS) is 14.7. The van der Waals surface area contributed by atoms with Crippen molar-refractivity contribution in [1.82, 2.24) is 14.9 Å². The molecule has 0 aromatic heterocycles. The molecular weight excluding hydrogens is 414 g/mol. The van der Waals surface area contributed by atoms with Crippen LogP contribution in [0.4, 0.5) is 0 Å². The van der Waals surface area contributed by atoms with Gasteiger partial charge in [-0.1, -0.05) is 0 Å². The minimum atomic E-state index is -3.45. The Morgan fingerprint density at radius 2 is 1.73 bits per heavy atom. The number of hydrogen-bond acceptors (Lipinski definition) is 7. The molecule has 30 heavy (non-hydrogen) atoms. The number of ether oxygens (including phenoxy) is 3. The quantitative estimate of drug-likeness (QED) is 0.493. The summed E-state index contributed by atoms with van der Waals surface area (Å²) in [7, 11) is -3.45. The van der Waals surface area contributed by atoms with E-state index in [0.717, 1.165) is 0 Å². The summed E-state index contributed by atoms with van der Waals surface area (Å²) in [5.41, 5.74) is 0.324. The number of sulfonamides is 1. The molecule has 11 heteroatoms. The van der Waals surface area contributed by atoms with E-state index >= 15 is 0 Å². The smallest absolute Gasteiger partial charge is 0.251 e. The molecule has 1 aromatic carbocycles. The lowest BCUT2D eigenvalue weighted by molar-refractivity contribution is -0.120. The zero-order valence-corrected chi connectivity index (χ0v) is 18.1. The first-order chi connectivity index (χ1) is 14.4. The van der Waals surface area contributed by atoms with Crippen LogP contribution in [-0.2, 0) is 19.6 Å². The van der Waals surface area contributed by atoms with Gasteiger partial charge in [-0.2, -0.15) is 4.31 Å². The van der Waals surface area contributed by atoms with Crippen LogP contribution in [0.2, 0.25) is 0 Å². The molecule has 0 unspecified atom stereocenters. The Bertz CT molecular complexity index is 823. The van der Waals surface area contributed by atoms with Crippen LogP contribution in [0.15, 0.2) is 18.2 Å². The molecule has 1 aliphatic heterocycles. The number of nitrogens with one attached hydrogen (secondary N) is 2. The highest BCUT2D eigenvalue weighted by Gasteiger charge is 2.24. The Hall–Kier alpha value is -2.37. The summed E-state index contributed by atoms with van der Waals surface area (Å²) in [4.78, 5) is 24.3. The predicted molar refractivity (Wildman–Crippen MR) is 110 cm³/mol. The minimum absolute atomic E-state index is 0.0358. The number of amides is 2. The van der Waals surface area contributed by atoms with E-state index < -0.39 is 21.8 Å². The standard InChI is InChI=1S/C19H29N3O7S/c1-3-28-16-6-5-15(13-17(16)29-4-2)19(24)21-14-18(23)20-7-12-30(25,26)22-8-10-27-11-9-22/h5-6,13H,3-4,7-12,14H2,1-2H3,(H,20,23)(H,21,24). The minimum Gasteiger partial charge on any atom is -0.490 e. The lowest BCUT2D eigenvalue weighted by Gasteiger charge is -2.26. The van der Waals surface area contributed by atoms with Gasteiger partial charge in [-0.25, -0.2) is 8.42 Å². The second-order valence-corrected chi connectivity index (χ2v) is 8.48. The third-order valence-corrected chi connectivity index (χ3v) is 6.13. The van der Waals surface area contributed by atoms with Crippen molar-refractivity contribution in [2.45, 2.75) is 13.8 Å². The average Bonchev–Trinajstić information content (AvgIpc) is 2.74. The molecule has 2 rings (SSSR count). The van der Waals surface area contributed by atoms with Crippen LogP contribution in [0.25, 0.3) is 0 Å². The first kappa shape index (κ1) is 23.9. The Morgan fingerprint density at radius 3 is 2.40 bits per heavy atom. The third-order valence-electron chi connectivity index (χ3n) is 4.26. The van der Waals surface area contributed by atoms with E-state index in [4.69, 9.17) is 14.2 Å². The van der Waals surface area contributed by atoms with Gasteiger partial charge in [0.25, 0.3) is 5.91 Å². The molecule has 1 saturated heterocycles. The zero-order valence-electron chi connectivity index (χ0n) is 17.3. The molecule has 0 bridgehead atoms. The first-order valence-corrected chi connectivity index (χ1v) is 11.5. The molecular formula is C19H29N3O7S. The van der Waals surface area contributed by atoms with Crippen molar-refractivity contribution in [1.29, 1.82) is 0 Å². The second-order valence-electron chi connectivity index (χ2n) is 6.39. The molecule has 0 saturated carbocycles. The molecule has 1 heterocycles. The summed E-state index contributed by atoms with van der Waals surface area (Å²) >= 11 is 0. The maximum absolute atomic E-state index is 12.3. The van der Waals surface area contributed by atoms with Crippen LogP contribution < -0.4 is 20.1 Å². The first-order valence-electron chi connectivity index (χ1n) is 9.87. The van der Waals surface area contributed by atoms with E-state index in [1.165, 1.54) is 4.31 Å². The van der Waals surface area contributed by atoms with Crippen molar-refractivity contribution < 1.29 is 32.2 Å². The molecule has 168 valence electrons. The molecule has 1 aliphatic rings. The Morgan fingerprint density at radius 1 is 1.07 bits per heavy atom. The SMILES string of the molecule is CCOc1ccc(C(=O)NCC(=O)NCCS(=O)(=O)N2CCOCC2)cc1OCC. The number of morpholine rings is 1. The fraction of sp³-hybridized carbons (Fsp3) is 0.579. The summed E-state index contributed by atoms with van der Waals surface area (Å²) in [5.74, 6) is -0.144. The Balaban J connectivity index is 1.80. The maximum atomic E-state index is 12.3. The molecule has 1 fully saturated rings. The van der Waals surface area contributed by atoms with E-state index in [1.807, 2.05) is 13.8 Å². The van der Waals surface area contributed by atoms with Crippen molar-refractivity contribution >= 4 is 21.8 Å². The van der Waals surface area contributed by atoms with Crippen LogP contribution in [-0.4, -0.2) is 82.9 Å². The molecule has 2 N–H and O–H groups in total. The van der Waals surface area contributed by atoms with Crippen LogP contribution in [0.1, 0.15) is 24.2 Å². The molecule has 0 spiro atoms. The summed E-state index contributed by atoms with van der Waals surface area (Å²) < 4.78 is 41.8. The zero-order chi connectivity index (χ0) is 22.0.